The minimum absolute atomic E-state index is 0. The van der Waals surface area contributed by atoms with Crippen molar-refractivity contribution in [1.29, 1.82) is 0 Å². The first-order valence-electron chi connectivity index (χ1n) is 7.29. The summed E-state index contributed by atoms with van der Waals surface area (Å²) in [6, 6.07) is 18.1. The van der Waals surface area contributed by atoms with E-state index in [0.29, 0.717) is 6.42 Å². The van der Waals surface area contributed by atoms with Gasteiger partial charge in [0, 0.05) is 33.0 Å². The molecule has 0 radical (unpaired) electrons. The molecule has 2 rings (SSSR count). The minimum atomic E-state index is 0. The molecule has 110 valence electrons. The number of carbonyl (C=O) groups is 1. The Bertz CT molecular complexity index is 531. The zero-order valence-electron chi connectivity index (χ0n) is 12.3. The minimum Gasteiger partial charge on any atom is -0.343 e. The van der Waals surface area contributed by atoms with Crippen molar-refractivity contribution in [2.24, 2.45) is 0 Å². The van der Waals surface area contributed by atoms with Crippen molar-refractivity contribution in [3.05, 3.63) is 67.1 Å². The van der Waals surface area contributed by atoms with Crippen LogP contribution < -0.4 is 0 Å². The van der Waals surface area contributed by atoms with E-state index >= 15 is 0 Å². The fourth-order valence-corrected chi connectivity index (χ4v) is 2.26. The Morgan fingerprint density at radius 2 is 1.43 bits per heavy atom. The molecule has 0 amide bonds. The molecular formula is C19H21OW-. The molecule has 0 unspecified atom stereocenters. The van der Waals surface area contributed by atoms with Gasteiger partial charge in [-0.25, -0.2) is 0 Å². The van der Waals surface area contributed by atoms with Gasteiger partial charge in [-0.1, -0.05) is 67.4 Å². The molecule has 0 fully saturated rings. The standard InChI is InChI=1S/C19H21O.W/c1-2-3-4-8-11-19(20)18-14-12-17(13-15-18)16-9-6-5-7-10-16;/h5-7,9-10,12-15H,1-4,8,11H2;/q-1;. The van der Waals surface area contributed by atoms with Gasteiger partial charge in [-0.15, -0.1) is 0 Å². The van der Waals surface area contributed by atoms with Crippen LogP contribution in [0.15, 0.2) is 54.6 Å². The van der Waals surface area contributed by atoms with Gasteiger partial charge in [-0.05, 0) is 17.5 Å². The largest absolute Gasteiger partial charge is 0.343 e. The summed E-state index contributed by atoms with van der Waals surface area (Å²) in [6.07, 6.45) is 4.77. The van der Waals surface area contributed by atoms with Crippen LogP contribution >= 0.6 is 0 Å². The Kier molecular flexibility index (Phi) is 8.23. The first-order chi connectivity index (χ1) is 9.81. The van der Waals surface area contributed by atoms with Crippen LogP contribution in [-0.2, 0) is 21.1 Å². The van der Waals surface area contributed by atoms with E-state index in [0.717, 1.165) is 36.8 Å². The molecular weight excluding hydrogens is 428 g/mol. The van der Waals surface area contributed by atoms with E-state index in [2.05, 4.69) is 19.1 Å². The van der Waals surface area contributed by atoms with Crippen LogP contribution in [0, 0.1) is 6.92 Å². The molecule has 0 saturated carbocycles. The van der Waals surface area contributed by atoms with Crippen molar-refractivity contribution >= 4 is 5.78 Å². The van der Waals surface area contributed by atoms with E-state index in [4.69, 9.17) is 0 Å². The number of carbonyl (C=O) groups excluding carboxylic acids is 1. The fourth-order valence-electron chi connectivity index (χ4n) is 2.26. The molecule has 0 bridgehead atoms. The average Bonchev–Trinajstić information content (AvgIpc) is 2.52. The van der Waals surface area contributed by atoms with Gasteiger partial charge in [0.2, 0.25) is 0 Å². The molecule has 0 aliphatic heterocycles. The zero-order chi connectivity index (χ0) is 14.2. The summed E-state index contributed by atoms with van der Waals surface area (Å²) >= 11 is 0. The van der Waals surface area contributed by atoms with Crippen molar-refractivity contribution in [1.82, 2.24) is 0 Å². The second kappa shape index (κ2) is 9.68. The summed E-state index contributed by atoms with van der Waals surface area (Å²) in [5.74, 6) is 0.244. The second-order valence-electron chi connectivity index (χ2n) is 5.03. The maximum absolute atomic E-state index is 12.0. The third-order valence-corrected chi connectivity index (χ3v) is 3.47. The van der Waals surface area contributed by atoms with E-state index < -0.39 is 0 Å². The monoisotopic (exact) mass is 449 g/mol. The van der Waals surface area contributed by atoms with Gasteiger partial charge < -0.3 is 6.92 Å². The van der Waals surface area contributed by atoms with E-state index in [9.17, 15) is 4.79 Å². The van der Waals surface area contributed by atoms with Gasteiger partial charge in [0.25, 0.3) is 0 Å². The number of rotatable bonds is 7. The van der Waals surface area contributed by atoms with Gasteiger partial charge >= 0.3 is 0 Å². The summed E-state index contributed by atoms with van der Waals surface area (Å²) in [5.41, 5.74) is 3.15. The molecule has 0 heterocycles. The molecule has 0 aliphatic rings. The SMILES string of the molecule is [CH2-]CCCCCC(=O)c1ccc(-c2ccccc2)cc1.[W]. The van der Waals surface area contributed by atoms with E-state index in [-0.39, 0.29) is 26.8 Å². The Hall–Kier alpha value is -1.20. The number of hydrogen-bond acceptors (Lipinski definition) is 1. The van der Waals surface area contributed by atoms with Crippen LogP contribution in [0.2, 0.25) is 0 Å². The molecule has 0 atom stereocenters. The van der Waals surface area contributed by atoms with Crippen molar-refractivity contribution in [3.8, 4) is 11.1 Å². The number of benzene rings is 2. The zero-order valence-corrected chi connectivity index (χ0v) is 15.2. The quantitative estimate of drug-likeness (QED) is 0.318. The Morgan fingerprint density at radius 1 is 0.810 bits per heavy atom. The first-order valence-corrected chi connectivity index (χ1v) is 7.29. The van der Waals surface area contributed by atoms with Gasteiger partial charge in [0.05, 0.1) is 0 Å². The smallest absolute Gasteiger partial charge is 0.162 e. The molecule has 0 aromatic heterocycles. The van der Waals surface area contributed by atoms with Gasteiger partial charge in [-0.3, -0.25) is 4.79 Å². The van der Waals surface area contributed by atoms with Crippen molar-refractivity contribution in [2.75, 3.05) is 0 Å². The first kappa shape index (κ1) is 17.8. The third kappa shape index (κ3) is 5.59. The van der Waals surface area contributed by atoms with Crippen LogP contribution in [0.25, 0.3) is 11.1 Å². The summed E-state index contributed by atoms with van der Waals surface area (Å²) < 4.78 is 0. The Morgan fingerprint density at radius 3 is 2.05 bits per heavy atom. The summed E-state index contributed by atoms with van der Waals surface area (Å²) in [7, 11) is 0. The van der Waals surface area contributed by atoms with Crippen LogP contribution in [0.1, 0.15) is 42.5 Å². The van der Waals surface area contributed by atoms with E-state index in [1.807, 2.05) is 42.5 Å². The molecule has 2 heteroatoms. The maximum atomic E-state index is 12.0. The van der Waals surface area contributed by atoms with Crippen LogP contribution in [0.5, 0.6) is 0 Å². The van der Waals surface area contributed by atoms with Crippen molar-refractivity contribution in [3.63, 3.8) is 0 Å². The maximum Gasteiger partial charge on any atom is 0.162 e. The molecule has 0 saturated heterocycles. The van der Waals surface area contributed by atoms with Crippen LogP contribution in [-0.4, -0.2) is 5.78 Å². The molecule has 21 heavy (non-hydrogen) atoms. The molecule has 0 spiro atoms. The fraction of sp³-hybridized carbons (Fsp3) is 0.263. The van der Waals surface area contributed by atoms with Crippen molar-refractivity contribution < 1.29 is 25.9 Å². The molecule has 1 nitrogen and oxygen atoms in total. The Balaban J connectivity index is 0.00000220. The summed E-state index contributed by atoms with van der Waals surface area (Å²) in [6.45, 7) is 3.81. The van der Waals surface area contributed by atoms with Gasteiger partial charge in [-0.2, -0.15) is 6.42 Å². The number of Topliss-reactive ketones (excluding diaryl/α,β-unsaturated/α-hetero) is 1. The van der Waals surface area contributed by atoms with E-state index in [1.54, 1.807) is 0 Å². The molecule has 0 N–H and O–H groups in total. The topological polar surface area (TPSA) is 17.1 Å². The van der Waals surface area contributed by atoms with Crippen molar-refractivity contribution in [2.45, 2.75) is 32.1 Å². The van der Waals surface area contributed by atoms with Gasteiger partial charge in [0.1, 0.15) is 0 Å². The predicted octanol–water partition coefficient (Wildman–Crippen LogP) is 5.32. The average molecular weight is 449 g/mol. The normalized spacial score (nSPS) is 9.95. The number of unbranched alkanes of at least 4 members (excludes halogenated alkanes) is 3. The summed E-state index contributed by atoms with van der Waals surface area (Å²) in [5, 5.41) is 0. The second-order valence-corrected chi connectivity index (χ2v) is 5.03. The number of hydrogen-bond donors (Lipinski definition) is 0. The van der Waals surface area contributed by atoms with Crippen LogP contribution in [0.4, 0.5) is 0 Å². The van der Waals surface area contributed by atoms with E-state index in [1.165, 1.54) is 5.56 Å². The van der Waals surface area contributed by atoms with Gasteiger partial charge in [0.15, 0.2) is 5.78 Å². The third-order valence-electron chi connectivity index (χ3n) is 3.47. The number of ketones is 1. The predicted molar refractivity (Wildman–Crippen MR) is 84.7 cm³/mol. The van der Waals surface area contributed by atoms with Crippen LogP contribution in [0.3, 0.4) is 0 Å². The molecule has 2 aromatic rings. The molecule has 0 aliphatic carbocycles. The summed E-state index contributed by atoms with van der Waals surface area (Å²) in [4.78, 5) is 12.0. The Labute approximate surface area is 142 Å². The molecule has 2 aromatic carbocycles.